The third kappa shape index (κ3) is 2.01. The Balaban J connectivity index is 2.75. The quantitative estimate of drug-likeness (QED) is 0.877. The van der Waals surface area contributed by atoms with Gasteiger partial charge in [-0.15, -0.1) is 0 Å². The van der Waals surface area contributed by atoms with E-state index in [2.05, 4.69) is 38.1 Å². The summed E-state index contributed by atoms with van der Waals surface area (Å²) in [5, 5.41) is 2.37. The van der Waals surface area contributed by atoms with Crippen LogP contribution in [0.15, 0.2) is 36.4 Å². The van der Waals surface area contributed by atoms with E-state index >= 15 is 0 Å². The SMILES string of the molecule is COc1cccc2c(C(C)(C)CN)cccc12. The first kappa shape index (κ1) is 11.9. The number of hydrogen-bond acceptors (Lipinski definition) is 2. The minimum Gasteiger partial charge on any atom is -0.496 e. The third-order valence-corrected chi connectivity index (χ3v) is 3.34. The number of rotatable bonds is 3. The molecule has 0 aromatic heterocycles. The fourth-order valence-corrected chi connectivity index (χ4v) is 2.16. The monoisotopic (exact) mass is 229 g/mol. The zero-order valence-corrected chi connectivity index (χ0v) is 10.7. The van der Waals surface area contributed by atoms with Crippen LogP contribution in [0.2, 0.25) is 0 Å². The summed E-state index contributed by atoms with van der Waals surface area (Å²) >= 11 is 0. The van der Waals surface area contributed by atoms with Crippen molar-refractivity contribution in [1.82, 2.24) is 0 Å². The Morgan fingerprint density at radius 3 is 2.35 bits per heavy atom. The van der Waals surface area contributed by atoms with Gasteiger partial charge in [-0.25, -0.2) is 0 Å². The second-order valence-electron chi connectivity index (χ2n) is 4.95. The lowest BCUT2D eigenvalue weighted by Gasteiger charge is -2.25. The van der Waals surface area contributed by atoms with Gasteiger partial charge in [0.25, 0.3) is 0 Å². The highest BCUT2D eigenvalue weighted by Gasteiger charge is 2.21. The molecule has 2 aromatic carbocycles. The first-order valence-electron chi connectivity index (χ1n) is 5.86. The van der Waals surface area contributed by atoms with E-state index < -0.39 is 0 Å². The van der Waals surface area contributed by atoms with Gasteiger partial charge in [0.2, 0.25) is 0 Å². The van der Waals surface area contributed by atoms with Gasteiger partial charge in [-0.3, -0.25) is 0 Å². The van der Waals surface area contributed by atoms with Gasteiger partial charge < -0.3 is 10.5 Å². The van der Waals surface area contributed by atoms with Gasteiger partial charge in [-0.05, 0) is 17.0 Å². The highest BCUT2D eigenvalue weighted by atomic mass is 16.5. The predicted octanol–water partition coefficient (Wildman–Crippen LogP) is 3.08. The van der Waals surface area contributed by atoms with Crippen molar-refractivity contribution in [2.45, 2.75) is 19.3 Å². The van der Waals surface area contributed by atoms with Crippen LogP contribution in [-0.4, -0.2) is 13.7 Å². The van der Waals surface area contributed by atoms with Crippen molar-refractivity contribution in [2.24, 2.45) is 5.73 Å². The summed E-state index contributed by atoms with van der Waals surface area (Å²) < 4.78 is 5.40. The first-order chi connectivity index (χ1) is 8.10. The second-order valence-corrected chi connectivity index (χ2v) is 4.95. The van der Waals surface area contributed by atoms with Crippen molar-refractivity contribution in [3.63, 3.8) is 0 Å². The molecule has 90 valence electrons. The molecule has 0 saturated heterocycles. The molecule has 0 radical (unpaired) electrons. The summed E-state index contributed by atoms with van der Waals surface area (Å²) in [6.07, 6.45) is 0. The van der Waals surface area contributed by atoms with Gasteiger partial charge in [-0.2, -0.15) is 0 Å². The molecule has 0 spiro atoms. The minimum atomic E-state index is -0.0219. The lowest BCUT2D eigenvalue weighted by atomic mass is 9.82. The van der Waals surface area contributed by atoms with Gasteiger partial charge in [0, 0.05) is 17.3 Å². The Bertz CT molecular complexity index is 531. The van der Waals surface area contributed by atoms with E-state index in [1.54, 1.807) is 7.11 Å². The molecule has 2 heteroatoms. The first-order valence-corrected chi connectivity index (χ1v) is 5.86. The lowest BCUT2D eigenvalue weighted by Crippen LogP contribution is -2.28. The van der Waals surface area contributed by atoms with Crippen LogP contribution < -0.4 is 10.5 Å². The smallest absolute Gasteiger partial charge is 0.126 e. The van der Waals surface area contributed by atoms with E-state index in [0.717, 1.165) is 11.1 Å². The van der Waals surface area contributed by atoms with Crippen molar-refractivity contribution in [1.29, 1.82) is 0 Å². The van der Waals surface area contributed by atoms with Crippen LogP contribution in [0.25, 0.3) is 10.8 Å². The van der Waals surface area contributed by atoms with E-state index in [1.807, 2.05) is 12.1 Å². The molecule has 2 aromatic rings. The van der Waals surface area contributed by atoms with Gasteiger partial charge >= 0.3 is 0 Å². The summed E-state index contributed by atoms with van der Waals surface area (Å²) in [6, 6.07) is 12.4. The van der Waals surface area contributed by atoms with Crippen molar-refractivity contribution in [3.8, 4) is 5.75 Å². The Labute approximate surface area is 102 Å². The molecule has 0 aliphatic rings. The molecule has 0 aliphatic heterocycles. The van der Waals surface area contributed by atoms with Gasteiger partial charge in [0.15, 0.2) is 0 Å². The van der Waals surface area contributed by atoms with Gasteiger partial charge in [0.1, 0.15) is 5.75 Å². The molecule has 2 rings (SSSR count). The number of methoxy groups -OCH3 is 1. The van der Waals surface area contributed by atoms with E-state index in [-0.39, 0.29) is 5.41 Å². The Hall–Kier alpha value is -1.54. The minimum absolute atomic E-state index is 0.0219. The normalized spacial score (nSPS) is 11.8. The van der Waals surface area contributed by atoms with Crippen LogP contribution >= 0.6 is 0 Å². The molecule has 0 heterocycles. The number of hydrogen-bond donors (Lipinski definition) is 1. The molecule has 17 heavy (non-hydrogen) atoms. The molecule has 0 amide bonds. The summed E-state index contributed by atoms with van der Waals surface area (Å²) in [7, 11) is 1.70. The number of fused-ring (bicyclic) bond motifs is 1. The topological polar surface area (TPSA) is 35.2 Å². The highest BCUT2D eigenvalue weighted by Crippen LogP contribution is 2.33. The van der Waals surface area contributed by atoms with E-state index in [4.69, 9.17) is 10.5 Å². The van der Waals surface area contributed by atoms with Crippen LogP contribution in [-0.2, 0) is 5.41 Å². The standard InChI is InChI=1S/C15H19NO/c1-15(2,10-16)13-8-4-7-12-11(13)6-5-9-14(12)17-3/h4-9H,10,16H2,1-3H3. The molecule has 2 nitrogen and oxygen atoms in total. The summed E-state index contributed by atoms with van der Waals surface area (Å²) in [4.78, 5) is 0. The number of nitrogens with two attached hydrogens (primary N) is 1. The molecular formula is C15H19NO. The van der Waals surface area contributed by atoms with Crippen molar-refractivity contribution in [2.75, 3.05) is 13.7 Å². The van der Waals surface area contributed by atoms with Crippen LogP contribution in [0.4, 0.5) is 0 Å². The summed E-state index contributed by atoms with van der Waals surface area (Å²) in [5.41, 5.74) is 7.12. The average molecular weight is 229 g/mol. The lowest BCUT2D eigenvalue weighted by molar-refractivity contribution is 0.419. The molecule has 2 N–H and O–H groups in total. The van der Waals surface area contributed by atoms with E-state index in [0.29, 0.717) is 6.54 Å². The second kappa shape index (κ2) is 4.38. The zero-order chi connectivity index (χ0) is 12.5. The Morgan fingerprint density at radius 1 is 1.06 bits per heavy atom. The maximum Gasteiger partial charge on any atom is 0.126 e. The molecule has 0 fully saturated rings. The summed E-state index contributed by atoms with van der Waals surface area (Å²) in [5.74, 6) is 0.914. The van der Waals surface area contributed by atoms with Gasteiger partial charge in [0.05, 0.1) is 7.11 Å². The molecular weight excluding hydrogens is 210 g/mol. The fourth-order valence-electron chi connectivity index (χ4n) is 2.16. The van der Waals surface area contributed by atoms with Crippen LogP contribution in [0, 0.1) is 0 Å². The maximum absolute atomic E-state index is 5.87. The largest absolute Gasteiger partial charge is 0.496 e. The van der Waals surface area contributed by atoms with Crippen LogP contribution in [0.5, 0.6) is 5.75 Å². The fraction of sp³-hybridized carbons (Fsp3) is 0.333. The third-order valence-electron chi connectivity index (χ3n) is 3.34. The van der Waals surface area contributed by atoms with Crippen LogP contribution in [0.3, 0.4) is 0 Å². The number of ether oxygens (including phenoxy) is 1. The molecule has 0 aliphatic carbocycles. The molecule has 0 saturated carbocycles. The highest BCUT2D eigenvalue weighted by molar-refractivity contribution is 5.91. The molecule has 0 unspecified atom stereocenters. The molecule has 0 atom stereocenters. The van der Waals surface area contributed by atoms with E-state index in [1.165, 1.54) is 10.9 Å². The predicted molar refractivity (Wildman–Crippen MR) is 72.6 cm³/mol. The van der Waals surface area contributed by atoms with E-state index in [9.17, 15) is 0 Å². The Kier molecular flexibility index (Phi) is 3.07. The van der Waals surface area contributed by atoms with Gasteiger partial charge in [-0.1, -0.05) is 44.2 Å². The zero-order valence-electron chi connectivity index (χ0n) is 10.7. The van der Waals surface area contributed by atoms with Crippen molar-refractivity contribution in [3.05, 3.63) is 42.0 Å². The number of benzene rings is 2. The van der Waals surface area contributed by atoms with Crippen LogP contribution in [0.1, 0.15) is 19.4 Å². The Morgan fingerprint density at radius 2 is 1.71 bits per heavy atom. The van der Waals surface area contributed by atoms with Crippen molar-refractivity contribution < 1.29 is 4.74 Å². The average Bonchev–Trinajstić information content (AvgIpc) is 2.37. The van der Waals surface area contributed by atoms with Crippen molar-refractivity contribution >= 4 is 10.8 Å². The molecule has 0 bridgehead atoms. The maximum atomic E-state index is 5.87. The summed E-state index contributed by atoms with van der Waals surface area (Å²) in [6.45, 7) is 4.96.